The second-order valence-electron chi connectivity index (χ2n) is 6.52. The summed E-state index contributed by atoms with van der Waals surface area (Å²) in [6, 6.07) is 3.79. The van der Waals surface area contributed by atoms with Crippen molar-refractivity contribution in [2.24, 2.45) is 5.92 Å². The lowest BCUT2D eigenvalue weighted by atomic mass is 10.1. The topological polar surface area (TPSA) is 93.0 Å². The van der Waals surface area contributed by atoms with E-state index in [2.05, 4.69) is 0 Å². The number of hydrogen-bond acceptors (Lipinski definition) is 5. The summed E-state index contributed by atoms with van der Waals surface area (Å²) in [6.45, 7) is 5.85. The summed E-state index contributed by atoms with van der Waals surface area (Å²) >= 11 is 6.05. The van der Waals surface area contributed by atoms with Gasteiger partial charge in [0.25, 0.3) is 11.6 Å². The molecule has 0 spiro atoms. The average molecular weight is 384 g/mol. The molecular formula is C17H22ClN3O5. The highest BCUT2D eigenvalue weighted by Gasteiger charge is 2.26. The number of nitrogens with zero attached hydrogens (tertiary/aromatic N) is 3. The molecule has 0 radical (unpaired) electrons. The van der Waals surface area contributed by atoms with Gasteiger partial charge in [-0.25, -0.2) is 4.79 Å². The van der Waals surface area contributed by atoms with Gasteiger partial charge in [0.1, 0.15) is 0 Å². The van der Waals surface area contributed by atoms with Crippen LogP contribution in [0.3, 0.4) is 0 Å². The zero-order valence-corrected chi connectivity index (χ0v) is 15.6. The first-order valence-electron chi connectivity index (χ1n) is 8.44. The standard InChI is InChI=1S/C17H22ClN3O5/c1-12(2)11-26-17(23)20-7-3-6-19(8-9-20)16(22)14-10-13(21(24)25)4-5-15(14)18/h4-5,10,12H,3,6-9,11H2,1-2H3. The molecule has 1 saturated heterocycles. The van der Waals surface area contributed by atoms with Crippen LogP contribution in [0.25, 0.3) is 0 Å². The molecule has 1 heterocycles. The first-order chi connectivity index (χ1) is 12.3. The van der Waals surface area contributed by atoms with E-state index in [0.29, 0.717) is 39.2 Å². The molecule has 0 aliphatic carbocycles. The van der Waals surface area contributed by atoms with Gasteiger partial charge in [-0.05, 0) is 18.4 Å². The van der Waals surface area contributed by atoms with Gasteiger partial charge in [-0.15, -0.1) is 0 Å². The van der Waals surface area contributed by atoms with Gasteiger partial charge in [-0.1, -0.05) is 25.4 Å². The molecule has 0 saturated carbocycles. The molecule has 1 fully saturated rings. The van der Waals surface area contributed by atoms with Crippen LogP contribution in [0.1, 0.15) is 30.6 Å². The van der Waals surface area contributed by atoms with Crippen LogP contribution in [-0.4, -0.2) is 59.5 Å². The maximum Gasteiger partial charge on any atom is 0.409 e. The van der Waals surface area contributed by atoms with Crippen molar-refractivity contribution in [2.45, 2.75) is 20.3 Å². The van der Waals surface area contributed by atoms with Crippen molar-refractivity contribution in [3.05, 3.63) is 38.9 Å². The quantitative estimate of drug-likeness (QED) is 0.588. The fourth-order valence-electron chi connectivity index (χ4n) is 2.59. The van der Waals surface area contributed by atoms with E-state index < -0.39 is 4.92 Å². The van der Waals surface area contributed by atoms with Crippen LogP contribution in [0.2, 0.25) is 5.02 Å². The van der Waals surface area contributed by atoms with Crippen molar-refractivity contribution in [3.63, 3.8) is 0 Å². The Morgan fingerprint density at radius 1 is 1.23 bits per heavy atom. The number of carbonyl (C=O) groups excluding carboxylic acids is 2. The normalized spacial score (nSPS) is 14.9. The highest BCUT2D eigenvalue weighted by molar-refractivity contribution is 6.33. The van der Waals surface area contributed by atoms with Crippen LogP contribution in [0.15, 0.2) is 18.2 Å². The van der Waals surface area contributed by atoms with Crippen molar-refractivity contribution in [2.75, 3.05) is 32.8 Å². The van der Waals surface area contributed by atoms with Crippen molar-refractivity contribution < 1.29 is 19.2 Å². The third-order valence-corrected chi connectivity index (χ3v) is 4.30. The van der Waals surface area contributed by atoms with Crippen LogP contribution in [0, 0.1) is 16.0 Å². The highest BCUT2D eigenvalue weighted by atomic mass is 35.5. The summed E-state index contributed by atoms with van der Waals surface area (Å²) in [5.74, 6) is -0.129. The average Bonchev–Trinajstić information content (AvgIpc) is 2.85. The summed E-state index contributed by atoms with van der Waals surface area (Å²) in [5, 5.41) is 11.1. The summed E-state index contributed by atoms with van der Waals surface area (Å²) in [7, 11) is 0. The van der Waals surface area contributed by atoms with Crippen molar-refractivity contribution in [3.8, 4) is 0 Å². The molecule has 1 aliphatic rings. The number of halogens is 1. The largest absolute Gasteiger partial charge is 0.449 e. The summed E-state index contributed by atoms with van der Waals surface area (Å²) in [4.78, 5) is 38.3. The monoisotopic (exact) mass is 383 g/mol. The van der Waals surface area contributed by atoms with E-state index in [4.69, 9.17) is 16.3 Å². The maximum absolute atomic E-state index is 12.7. The van der Waals surface area contributed by atoms with Gasteiger partial charge < -0.3 is 14.5 Å². The van der Waals surface area contributed by atoms with Crippen molar-refractivity contribution in [1.29, 1.82) is 0 Å². The molecule has 0 aromatic heterocycles. The molecule has 0 N–H and O–H groups in total. The molecule has 2 rings (SSSR count). The van der Waals surface area contributed by atoms with Gasteiger partial charge in [0.05, 0.1) is 22.1 Å². The van der Waals surface area contributed by atoms with Crippen molar-refractivity contribution >= 4 is 29.3 Å². The molecule has 0 atom stereocenters. The molecule has 2 amide bonds. The molecule has 142 valence electrons. The zero-order chi connectivity index (χ0) is 19.3. The number of nitro benzene ring substituents is 1. The number of hydrogen-bond donors (Lipinski definition) is 0. The number of nitro groups is 1. The van der Waals surface area contributed by atoms with Crippen molar-refractivity contribution in [1.82, 2.24) is 9.80 Å². The highest BCUT2D eigenvalue weighted by Crippen LogP contribution is 2.24. The number of rotatable bonds is 4. The number of benzene rings is 1. The molecule has 26 heavy (non-hydrogen) atoms. The molecule has 8 nitrogen and oxygen atoms in total. The van der Waals surface area contributed by atoms with E-state index in [0.717, 1.165) is 0 Å². The lowest BCUT2D eigenvalue weighted by Crippen LogP contribution is -2.38. The number of carbonyl (C=O) groups is 2. The Labute approximate surface area is 156 Å². The van der Waals surface area contributed by atoms with Gasteiger partial charge in [0.15, 0.2) is 0 Å². The zero-order valence-electron chi connectivity index (χ0n) is 14.8. The molecule has 1 aromatic carbocycles. The van der Waals surface area contributed by atoms with E-state index >= 15 is 0 Å². The predicted octanol–water partition coefficient (Wildman–Crippen LogP) is 3.19. The second kappa shape index (κ2) is 8.84. The molecule has 0 bridgehead atoms. The van der Waals surface area contributed by atoms with Crippen LogP contribution in [-0.2, 0) is 4.74 Å². The Morgan fingerprint density at radius 3 is 2.54 bits per heavy atom. The van der Waals surface area contributed by atoms with Gasteiger partial charge in [0.2, 0.25) is 0 Å². The fourth-order valence-corrected chi connectivity index (χ4v) is 2.79. The van der Waals surface area contributed by atoms with Crippen LogP contribution < -0.4 is 0 Å². The number of amides is 2. The maximum atomic E-state index is 12.7. The van der Waals surface area contributed by atoms with E-state index in [9.17, 15) is 19.7 Å². The number of non-ortho nitro benzene ring substituents is 1. The molecule has 9 heteroatoms. The summed E-state index contributed by atoms with van der Waals surface area (Å²) in [5.41, 5.74) is -0.0943. The Morgan fingerprint density at radius 2 is 1.88 bits per heavy atom. The van der Waals surface area contributed by atoms with Gasteiger partial charge >= 0.3 is 6.09 Å². The van der Waals surface area contributed by atoms with Gasteiger partial charge in [0, 0.05) is 38.3 Å². The number of ether oxygens (including phenoxy) is 1. The lowest BCUT2D eigenvalue weighted by molar-refractivity contribution is -0.384. The first-order valence-corrected chi connectivity index (χ1v) is 8.82. The third-order valence-electron chi connectivity index (χ3n) is 3.97. The Kier molecular flexibility index (Phi) is 6.79. The van der Waals surface area contributed by atoms with Crippen LogP contribution in [0.5, 0.6) is 0 Å². The van der Waals surface area contributed by atoms with Crippen LogP contribution in [0.4, 0.5) is 10.5 Å². The van der Waals surface area contributed by atoms with Gasteiger partial charge in [-0.2, -0.15) is 0 Å². The molecular weight excluding hydrogens is 362 g/mol. The second-order valence-corrected chi connectivity index (χ2v) is 6.93. The van der Waals surface area contributed by atoms with E-state index in [1.807, 2.05) is 13.8 Å². The minimum atomic E-state index is -0.567. The molecule has 1 aromatic rings. The minimum absolute atomic E-state index is 0.0942. The van der Waals surface area contributed by atoms with E-state index in [1.165, 1.54) is 18.2 Å². The minimum Gasteiger partial charge on any atom is -0.449 e. The first kappa shape index (κ1) is 20.0. The van der Waals surface area contributed by atoms with Gasteiger partial charge in [-0.3, -0.25) is 14.9 Å². The van der Waals surface area contributed by atoms with Crippen LogP contribution >= 0.6 is 11.6 Å². The molecule has 1 aliphatic heterocycles. The Hall–Kier alpha value is -2.35. The van der Waals surface area contributed by atoms with E-state index in [-0.39, 0.29) is 34.2 Å². The Balaban J connectivity index is 2.04. The van der Waals surface area contributed by atoms with E-state index in [1.54, 1.807) is 9.80 Å². The smallest absolute Gasteiger partial charge is 0.409 e. The third kappa shape index (κ3) is 5.08. The lowest BCUT2D eigenvalue weighted by Gasteiger charge is -2.22. The fraction of sp³-hybridized carbons (Fsp3) is 0.529. The SMILES string of the molecule is CC(C)COC(=O)N1CCCN(C(=O)c2cc([N+](=O)[O-])ccc2Cl)CC1. The Bertz CT molecular complexity index is 695. The summed E-state index contributed by atoms with van der Waals surface area (Å²) < 4.78 is 5.23. The molecule has 0 unspecified atom stereocenters. The predicted molar refractivity (Wildman–Crippen MR) is 96.4 cm³/mol. The summed E-state index contributed by atoms with van der Waals surface area (Å²) in [6.07, 6.45) is 0.205.